The van der Waals surface area contributed by atoms with Crippen LogP contribution in [0.15, 0.2) is 0 Å². The third-order valence-corrected chi connectivity index (χ3v) is 2.95. The molecular weight excluding hydrogens is 248 g/mol. The molecule has 5 heteroatoms. The number of ether oxygens (including phenoxy) is 1. The Balaban J connectivity index is 3.45. The molecule has 0 bridgehead atoms. The Morgan fingerprint density at radius 1 is 0.947 bits per heavy atom. The highest BCUT2D eigenvalue weighted by Crippen LogP contribution is 2.09. The van der Waals surface area contributed by atoms with E-state index in [1.807, 2.05) is 0 Å². The Kier molecular flexibility index (Phi) is 11.3. The van der Waals surface area contributed by atoms with Crippen LogP contribution in [0.25, 0.3) is 0 Å². The van der Waals surface area contributed by atoms with Crippen LogP contribution in [-0.4, -0.2) is 34.9 Å². The highest BCUT2D eigenvalue weighted by Gasteiger charge is 2.21. The topological polar surface area (TPSA) is 83.8 Å². The number of unbranched alkanes of at least 4 members (excludes halogenated alkanes) is 7. The summed E-state index contributed by atoms with van der Waals surface area (Å²) in [6.07, 6.45) is 7.50. The number of carbonyl (C=O) groups is 2. The molecule has 0 heterocycles. The first-order valence-electron chi connectivity index (χ1n) is 7.14. The van der Waals surface area contributed by atoms with Crippen molar-refractivity contribution >= 4 is 11.9 Å². The summed E-state index contributed by atoms with van der Waals surface area (Å²) >= 11 is 0. The van der Waals surface area contributed by atoms with E-state index in [-0.39, 0.29) is 0 Å². The highest BCUT2D eigenvalue weighted by molar-refractivity contribution is 5.79. The Bertz CT molecular complexity index is 252. The van der Waals surface area contributed by atoms with E-state index in [1.165, 1.54) is 32.1 Å². The monoisotopic (exact) mass is 274 g/mol. The largest absolute Gasteiger partial charge is 0.481 e. The van der Waals surface area contributed by atoms with Gasteiger partial charge in [-0.2, -0.15) is 0 Å². The van der Waals surface area contributed by atoms with E-state index in [0.29, 0.717) is 6.61 Å². The lowest BCUT2D eigenvalue weighted by Crippen LogP contribution is -2.27. The van der Waals surface area contributed by atoms with Gasteiger partial charge < -0.3 is 14.9 Å². The van der Waals surface area contributed by atoms with E-state index < -0.39 is 24.5 Å². The van der Waals surface area contributed by atoms with Crippen LogP contribution >= 0.6 is 0 Å². The van der Waals surface area contributed by atoms with Gasteiger partial charge >= 0.3 is 11.9 Å². The molecule has 1 unspecified atom stereocenters. The highest BCUT2D eigenvalue weighted by atomic mass is 16.5. The van der Waals surface area contributed by atoms with Crippen molar-refractivity contribution in [2.24, 2.45) is 0 Å². The molecule has 0 aliphatic heterocycles. The summed E-state index contributed by atoms with van der Waals surface area (Å²) in [5.41, 5.74) is 0. The second kappa shape index (κ2) is 12.0. The van der Waals surface area contributed by atoms with Crippen LogP contribution in [-0.2, 0) is 14.3 Å². The van der Waals surface area contributed by atoms with Gasteiger partial charge in [0.2, 0.25) is 0 Å². The fraction of sp³-hybridized carbons (Fsp3) is 0.857. The fourth-order valence-electron chi connectivity index (χ4n) is 1.84. The first kappa shape index (κ1) is 17.9. The Morgan fingerprint density at radius 3 is 1.95 bits per heavy atom. The van der Waals surface area contributed by atoms with Crippen LogP contribution in [0.1, 0.15) is 64.7 Å². The van der Waals surface area contributed by atoms with Gasteiger partial charge in [0.15, 0.2) is 6.10 Å². The van der Waals surface area contributed by atoms with Crippen LogP contribution in [0, 0.1) is 0 Å². The lowest BCUT2D eigenvalue weighted by atomic mass is 10.1. The number of hydrogen-bond acceptors (Lipinski definition) is 3. The van der Waals surface area contributed by atoms with E-state index in [2.05, 4.69) is 6.92 Å². The molecule has 5 nitrogen and oxygen atoms in total. The molecule has 0 saturated carbocycles. The molecule has 0 spiro atoms. The van der Waals surface area contributed by atoms with E-state index in [4.69, 9.17) is 14.9 Å². The molecule has 0 saturated heterocycles. The molecular formula is C14H26O5. The predicted molar refractivity (Wildman–Crippen MR) is 72.2 cm³/mol. The number of carboxylic acids is 2. The summed E-state index contributed by atoms with van der Waals surface area (Å²) in [5, 5.41) is 17.3. The van der Waals surface area contributed by atoms with Crippen LogP contribution in [0.4, 0.5) is 0 Å². The average molecular weight is 274 g/mol. The van der Waals surface area contributed by atoms with E-state index in [0.717, 1.165) is 19.3 Å². The van der Waals surface area contributed by atoms with Crippen molar-refractivity contribution in [1.29, 1.82) is 0 Å². The summed E-state index contributed by atoms with van der Waals surface area (Å²) in [5.74, 6) is -2.36. The van der Waals surface area contributed by atoms with Crippen molar-refractivity contribution in [3.05, 3.63) is 0 Å². The van der Waals surface area contributed by atoms with Gasteiger partial charge in [0.25, 0.3) is 0 Å². The Hall–Kier alpha value is -1.10. The van der Waals surface area contributed by atoms with Crippen LogP contribution in [0.3, 0.4) is 0 Å². The van der Waals surface area contributed by atoms with E-state index >= 15 is 0 Å². The molecule has 1 atom stereocenters. The molecule has 0 aliphatic rings. The SMILES string of the molecule is CCCCCCCCCCOC(CC(=O)O)C(=O)O. The smallest absolute Gasteiger partial charge is 0.333 e. The second-order valence-electron chi connectivity index (χ2n) is 4.77. The van der Waals surface area contributed by atoms with Gasteiger partial charge in [-0.25, -0.2) is 4.79 Å². The van der Waals surface area contributed by atoms with Crippen molar-refractivity contribution in [3.63, 3.8) is 0 Å². The molecule has 0 fully saturated rings. The van der Waals surface area contributed by atoms with Gasteiger partial charge in [-0.1, -0.05) is 51.9 Å². The fourth-order valence-corrected chi connectivity index (χ4v) is 1.84. The maximum atomic E-state index is 10.7. The standard InChI is InChI=1S/C14H26O5/c1-2-3-4-5-6-7-8-9-10-19-12(14(17)18)11-13(15)16/h12H,2-11H2,1H3,(H,15,16)(H,17,18). The van der Waals surface area contributed by atoms with Gasteiger partial charge in [-0.3, -0.25) is 4.79 Å². The van der Waals surface area contributed by atoms with Gasteiger partial charge in [-0.05, 0) is 6.42 Å². The van der Waals surface area contributed by atoms with Gasteiger partial charge in [-0.15, -0.1) is 0 Å². The van der Waals surface area contributed by atoms with E-state index in [1.54, 1.807) is 0 Å². The molecule has 0 aliphatic carbocycles. The molecule has 0 aromatic heterocycles. The van der Waals surface area contributed by atoms with Crippen molar-refractivity contribution in [3.8, 4) is 0 Å². The summed E-state index contributed by atoms with van der Waals surface area (Å²) in [6.45, 7) is 2.51. The number of hydrogen-bond donors (Lipinski definition) is 2. The molecule has 0 aromatic carbocycles. The van der Waals surface area contributed by atoms with Gasteiger partial charge in [0, 0.05) is 6.61 Å². The van der Waals surface area contributed by atoms with Crippen LogP contribution in [0.2, 0.25) is 0 Å². The van der Waals surface area contributed by atoms with Gasteiger partial charge in [0.05, 0.1) is 6.42 Å². The quantitative estimate of drug-likeness (QED) is 0.504. The summed E-state index contributed by atoms with van der Waals surface area (Å²) in [6, 6.07) is 0. The summed E-state index contributed by atoms with van der Waals surface area (Å²) in [7, 11) is 0. The minimum absolute atomic E-state index is 0.319. The van der Waals surface area contributed by atoms with Gasteiger partial charge in [0.1, 0.15) is 0 Å². The minimum atomic E-state index is -1.22. The Labute approximate surface area is 115 Å². The first-order chi connectivity index (χ1) is 9.07. The summed E-state index contributed by atoms with van der Waals surface area (Å²) in [4.78, 5) is 21.1. The molecule has 2 N–H and O–H groups in total. The normalized spacial score (nSPS) is 12.3. The lowest BCUT2D eigenvalue weighted by Gasteiger charge is -2.11. The second-order valence-corrected chi connectivity index (χ2v) is 4.77. The number of aliphatic carboxylic acids is 2. The van der Waals surface area contributed by atoms with Crippen molar-refractivity contribution in [2.75, 3.05) is 6.61 Å². The Morgan fingerprint density at radius 2 is 1.47 bits per heavy atom. The lowest BCUT2D eigenvalue weighted by molar-refractivity contribution is -0.156. The molecule has 0 radical (unpaired) electrons. The zero-order chi connectivity index (χ0) is 14.5. The van der Waals surface area contributed by atoms with Crippen molar-refractivity contribution in [2.45, 2.75) is 70.8 Å². The third kappa shape index (κ3) is 11.7. The summed E-state index contributed by atoms with van der Waals surface area (Å²) < 4.78 is 5.08. The molecule has 0 amide bonds. The molecule has 0 aromatic rings. The zero-order valence-corrected chi connectivity index (χ0v) is 11.8. The van der Waals surface area contributed by atoms with E-state index in [9.17, 15) is 9.59 Å². The third-order valence-electron chi connectivity index (χ3n) is 2.95. The maximum Gasteiger partial charge on any atom is 0.333 e. The number of carboxylic acid groups (broad SMARTS) is 2. The molecule has 0 rings (SSSR count). The van der Waals surface area contributed by atoms with Crippen LogP contribution < -0.4 is 0 Å². The average Bonchev–Trinajstić information content (AvgIpc) is 2.34. The maximum absolute atomic E-state index is 10.7. The first-order valence-corrected chi connectivity index (χ1v) is 7.14. The zero-order valence-electron chi connectivity index (χ0n) is 11.8. The van der Waals surface area contributed by atoms with Crippen LogP contribution in [0.5, 0.6) is 0 Å². The predicted octanol–water partition coefficient (Wildman–Crippen LogP) is 3.07. The number of rotatable bonds is 13. The van der Waals surface area contributed by atoms with Crippen molar-refractivity contribution in [1.82, 2.24) is 0 Å². The van der Waals surface area contributed by atoms with Crippen molar-refractivity contribution < 1.29 is 24.5 Å². The molecule has 19 heavy (non-hydrogen) atoms. The molecule has 112 valence electrons. The minimum Gasteiger partial charge on any atom is -0.481 e.